The molecule has 2 amide bonds. The molecule has 0 aliphatic rings. The average molecular weight is 637 g/mol. The number of aryl methyl sites for hydroxylation is 2. The van der Waals surface area contributed by atoms with Gasteiger partial charge in [-0.25, -0.2) is 16.8 Å². The number of ether oxygens (including phenoxy) is 2. The lowest BCUT2D eigenvalue weighted by Gasteiger charge is -2.15. The maximum atomic E-state index is 12.7. The van der Waals surface area contributed by atoms with Crippen molar-refractivity contribution < 1.29 is 35.9 Å². The Morgan fingerprint density at radius 2 is 0.909 bits per heavy atom. The highest BCUT2D eigenvalue weighted by Gasteiger charge is 2.22. The summed E-state index contributed by atoms with van der Waals surface area (Å²) < 4.78 is 61.6. The Morgan fingerprint density at radius 3 is 1.23 bits per heavy atom. The summed E-state index contributed by atoms with van der Waals surface area (Å²) in [7, 11) is -4.85. The van der Waals surface area contributed by atoms with E-state index in [2.05, 4.69) is 10.6 Å². The lowest BCUT2D eigenvalue weighted by Crippen LogP contribution is -2.23. The fourth-order valence-corrected chi connectivity index (χ4v) is 6.59. The van der Waals surface area contributed by atoms with Crippen LogP contribution in [0.1, 0.15) is 11.1 Å². The Bertz CT molecular complexity index is 1760. The van der Waals surface area contributed by atoms with Crippen LogP contribution in [0.15, 0.2) is 94.7 Å². The molecule has 0 saturated heterocycles. The normalized spacial score (nSPS) is 11.5. The molecule has 0 aromatic heterocycles. The van der Waals surface area contributed by atoms with Crippen molar-refractivity contribution in [2.45, 2.75) is 23.6 Å². The monoisotopic (exact) mass is 636 g/mol. The van der Waals surface area contributed by atoms with Crippen molar-refractivity contribution in [3.63, 3.8) is 0 Å². The van der Waals surface area contributed by atoms with Gasteiger partial charge in [-0.1, -0.05) is 47.5 Å². The van der Waals surface area contributed by atoms with Crippen molar-refractivity contribution in [3.05, 3.63) is 96.1 Å². The third-order valence-corrected chi connectivity index (χ3v) is 9.95. The van der Waals surface area contributed by atoms with Crippen LogP contribution in [0.5, 0.6) is 11.5 Å². The summed E-state index contributed by atoms with van der Waals surface area (Å²) in [5.41, 5.74) is 3.71. The highest BCUT2D eigenvalue weighted by molar-refractivity contribution is 7.92. The van der Waals surface area contributed by atoms with Crippen LogP contribution in [0, 0.1) is 13.8 Å². The van der Waals surface area contributed by atoms with Crippen molar-refractivity contribution in [2.75, 3.05) is 36.4 Å². The zero-order valence-electron chi connectivity index (χ0n) is 24.6. The fourth-order valence-electron chi connectivity index (χ4n) is 4.32. The smallest absolute Gasteiger partial charge is 0.240 e. The molecule has 4 rings (SSSR count). The standard InChI is InChI=1S/C32H32N2O8S2/c1-21-5-11-25(12-6-21)43(37,38)19-31(35)33-27-15-9-23(17-29(27)41-3)24-10-16-28(30(18-24)42-4)34-32(36)20-44(39,40)26-13-7-22(2)8-14-26/h5-18H,19-20H2,1-4H3,(H,33,35)(H,34,36). The summed E-state index contributed by atoms with van der Waals surface area (Å²) in [4.78, 5) is 25.4. The van der Waals surface area contributed by atoms with E-state index in [4.69, 9.17) is 9.47 Å². The molecule has 0 spiro atoms. The second-order valence-corrected chi connectivity index (χ2v) is 14.0. The highest BCUT2D eigenvalue weighted by Crippen LogP contribution is 2.35. The van der Waals surface area contributed by atoms with Crippen LogP contribution in [0.2, 0.25) is 0 Å². The SMILES string of the molecule is COc1cc(-c2ccc(NC(=O)CS(=O)(=O)c3ccc(C)cc3)c(OC)c2)ccc1NC(=O)CS(=O)(=O)c1ccc(C)cc1. The molecule has 0 radical (unpaired) electrons. The van der Waals surface area contributed by atoms with Gasteiger partial charge < -0.3 is 20.1 Å². The first-order valence-corrected chi connectivity index (χ1v) is 16.7. The van der Waals surface area contributed by atoms with Crippen LogP contribution in [0.25, 0.3) is 11.1 Å². The molecule has 2 N–H and O–H groups in total. The number of carbonyl (C=O) groups excluding carboxylic acids is 2. The van der Waals surface area contributed by atoms with E-state index in [1.54, 1.807) is 60.7 Å². The van der Waals surface area contributed by atoms with E-state index in [-0.39, 0.29) is 21.2 Å². The van der Waals surface area contributed by atoms with Crippen LogP contribution < -0.4 is 20.1 Å². The van der Waals surface area contributed by atoms with Gasteiger partial charge in [-0.15, -0.1) is 0 Å². The van der Waals surface area contributed by atoms with Crippen molar-refractivity contribution in [1.29, 1.82) is 0 Å². The molecule has 0 aliphatic carbocycles. The third-order valence-electron chi connectivity index (χ3n) is 6.69. The summed E-state index contributed by atoms with van der Waals surface area (Å²) in [6.45, 7) is 3.68. The van der Waals surface area contributed by atoms with Gasteiger partial charge in [-0.05, 0) is 73.5 Å². The summed E-state index contributed by atoms with van der Waals surface area (Å²) in [6, 6.07) is 22.4. The van der Waals surface area contributed by atoms with Gasteiger partial charge in [0.05, 0.1) is 35.4 Å². The van der Waals surface area contributed by atoms with Gasteiger partial charge in [0.15, 0.2) is 19.7 Å². The van der Waals surface area contributed by atoms with Gasteiger partial charge in [0.2, 0.25) is 11.8 Å². The highest BCUT2D eigenvalue weighted by atomic mass is 32.2. The maximum absolute atomic E-state index is 12.7. The van der Waals surface area contributed by atoms with E-state index >= 15 is 0 Å². The molecule has 0 saturated carbocycles. The van der Waals surface area contributed by atoms with Gasteiger partial charge in [0.1, 0.15) is 23.0 Å². The summed E-state index contributed by atoms with van der Waals surface area (Å²) in [5.74, 6) is -2.33. The summed E-state index contributed by atoms with van der Waals surface area (Å²) in [5, 5.41) is 5.20. The van der Waals surface area contributed by atoms with E-state index in [0.717, 1.165) is 11.1 Å². The number of rotatable bonds is 11. The Labute approximate surface area is 256 Å². The van der Waals surface area contributed by atoms with Gasteiger partial charge >= 0.3 is 0 Å². The number of nitrogens with one attached hydrogen (secondary N) is 2. The van der Waals surface area contributed by atoms with E-state index in [1.165, 1.54) is 38.5 Å². The molecule has 0 fully saturated rings. The number of methoxy groups -OCH3 is 2. The van der Waals surface area contributed by atoms with Gasteiger partial charge in [-0.2, -0.15) is 0 Å². The quantitative estimate of drug-likeness (QED) is 0.239. The van der Waals surface area contributed by atoms with Gasteiger partial charge in [0.25, 0.3) is 0 Å². The van der Waals surface area contributed by atoms with Crippen LogP contribution in [0.4, 0.5) is 11.4 Å². The largest absolute Gasteiger partial charge is 0.495 e. The molecule has 12 heteroatoms. The molecule has 0 aliphatic heterocycles. The van der Waals surface area contributed by atoms with Crippen molar-refractivity contribution in [2.24, 2.45) is 0 Å². The molecular weight excluding hydrogens is 604 g/mol. The minimum atomic E-state index is -3.84. The Kier molecular flexibility index (Phi) is 9.75. The van der Waals surface area contributed by atoms with E-state index in [1.807, 2.05) is 13.8 Å². The topological polar surface area (TPSA) is 145 Å². The number of hydrogen-bond acceptors (Lipinski definition) is 8. The average Bonchev–Trinajstić information content (AvgIpc) is 2.97. The zero-order chi connectivity index (χ0) is 32.1. The summed E-state index contributed by atoms with van der Waals surface area (Å²) in [6.07, 6.45) is 0. The minimum absolute atomic E-state index is 0.0574. The maximum Gasteiger partial charge on any atom is 0.240 e. The molecule has 0 heterocycles. The third kappa shape index (κ3) is 7.82. The first-order valence-electron chi connectivity index (χ1n) is 13.4. The molecule has 10 nitrogen and oxygen atoms in total. The molecule has 44 heavy (non-hydrogen) atoms. The second-order valence-electron chi connectivity index (χ2n) is 10.1. The second kappa shape index (κ2) is 13.3. The van der Waals surface area contributed by atoms with Crippen LogP contribution >= 0.6 is 0 Å². The van der Waals surface area contributed by atoms with Crippen LogP contribution in [-0.4, -0.2) is 54.4 Å². The van der Waals surface area contributed by atoms with E-state index in [9.17, 15) is 26.4 Å². The number of benzene rings is 4. The number of hydrogen-bond donors (Lipinski definition) is 2. The van der Waals surface area contributed by atoms with Gasteiger partial charge in [0, 0.05) is 0 Å². The first-order chi connectivity index (χ1) is 20.8. The van der Waals surface area contributed by atoms with Crippen molar-refractivity contribution >= 4 is 42.9 Å². The van der Waals surface area contributed by atoms with Gasteiger partial charge in [-0.3, -0.25) is 9.59 Å². The minimum Gasteiger partial charge on any atom is -0.495 e. The molecule has 0 atom stereocenters. The number of anilines is 2. The number of sulfone groups is 2. The summed E-state index contributed by atoms with van der Waals surface area (Å²) >= 11 is 0. The lowest BCUT2D eigenvalue weighted by atomic mass is 10.0. The number of carbonyl (C=O) groups is 2. The van der Waals surface area contributed by atoms with E-state index < -0.39 is 43.0 Å². The van der Waals surface area contributed by atoms with Crippen molar-refractivity contribution in [3.8, 4) is 22.6 Å². The zero-order valence-corrected chi connectivity index (χ0v) is 26.2. The predicted octanol–water partition coefficient (Wildman–Crippen LogP) is 4.81. The molecule has 0 bridgehead atoms. The predicted molar refractivity (Wildman–Crippen MR) is 169 cm³/mol. The molecule has 0 unspecified atom stereocenters. The molecule has 4 aromatic carbocycles. The molecule has 230 valence electrons. The van der Waals surface area contributed by atoms with Crippen LogP contribution in [0.3, 0.4) is 0 Å². The number of amides is 2. The molecule has 4 aromatic rings. The Morgan fingerprint density at radius 1 is 0.568 bits per heavy atom. The lowest BCUT2D eigenvalue weighted by molar-refractivity contribution is -0.114. The first kappa shape index (κ1) is 32.2. The Balaban J connectivity index is 1.47. The van der Waals surface area contributed by atoms with Crippen molar-refractivity contribution in [1.82, 2.24) is 0 Å². The molecular formula is C32H32N2O8S2. The fraction of sp³-hybridized carbons (Fsp3) is 0.188. The Hall–Kier alpha value is -4.68. The van der Waals surface area contributed by atoms with Crippen LogP contribution in [-0.2, 0) is 29.3 Å². The van der Waals surface area contributed by atoms with E-state index in [0.29, 0.717) is 22.6 Å².